The SMILES string of the molecule is O=[N+]([O-])c1ccc(-c2noc(-c3ccccc3F)c2CO)cc1. The molecule has 1 heterocycles. The van der Waals surface area contributed by atoms with Crippen LogP contribution >= 0.6 is 0 Å². The number of rotatable bonds is 4. The highest BCUT2D eigenvalue weighted by Crippen LogP contribution is 2.34. The maximum Gasteiger partial charge on any atom is 0.269 e. The predicted octanol–water partition coefficient (Wildman–Crippen LogP) is 3.55. The fourth-order valence-corrected chi connectivity index (χ4v) is 2.28. The van der Waals surface area contributed by atoms with Gasteiger partial charge in [-0.25, -0.2) is 4.39 Å². The van der Waals surface area contributed by atoms with Crippen LogP contribution in [0.25, 0.3) is 22.6 Å². The summed E-state index contributed by atoms with van der Waals surface area (Å²) in [5.74, 6) is -0.354. The van der Waals surface area contributed by atoms with Gasteiger partial charge < -0.3 is 9.63 Å². The highest BCUT2D eigenvalue weighted by molar-refractivity contribution is 5.73. The largest absolute Gasteiger partial charge is 0.391 e. The number of nitro benzene ring substituents is 1. The Kier molecular flexibility index (Phi) is 3.86. The molecule has 0 bridgehead atoms. The van der Waals surface area contributed by atoms with Crippen LogP contribution in [0.2, 0.25) is 0 Å². The van der Waals surface area contributed by atoms with Crippen molar-refractivity contribution in [1.82, 2.24) is 5.16 Å². The molecule has 0 saturated carbocycles. The van der Waals surface area contributed by atoms with Crippen LogP contribution < -0.4 is 0 Å². The van der Waals surface area contributed by atoms with E-state index in [1.165, 1.54) is 36.4 Å². The van der Waals surface area contributed by atoms with Crippen LogP contribution in [0.4, 0.5) is 10.1 Å². The number of aliphatic hydroxyl groups excluding tert-OH is 1. The first-order valence-corrected chi connectivity index (χ1v) is 6.71. The van der Waals surface area contributed by atoms with E-state index in [0.29, 0.717) is 16.8 Å². The van der Waals surface area contributed by atoms with Gasteiger partial charge in [0.15, 0.2) is 5.76 Å². The molecule has 0 aliphatic rings. The standard InChI is InChI=1S/C16H11FN2O4/c17-14-4-2-1-3-12(14)16-13(9-20)15(18-23-16)10-5-7-11(8-6-10)19(21)22/h1-8,20H,9H2. The number of nitrogens with zero attached hydrogens (tertiary/aromatic N) is 2. The number of halogens is 1. The monoisotopic (exact) mass is 314 g/mol. The minimum Gasteiger partial charge on any atom is -0.391 e. The van der Waals surface area contributed by atoms with Crippen molar-refractivity contribution in [3.05, 3.63) is 70.0 Å². The number of hydrogen-bond acceptors (Lipinski definition) is 5. The second-order valence-corrected chi connectivity index (χ2v) is 4.78. The Morgan fingerprint density at radius 2 is 1.87 bits per heavy atom. The Morgan fingerprint density at radius 3 is 2.48 bits per heavy atom. The first-order valence-electron chi connectivity index (χ1n) is 6.71. The van der Waals surface area contributed by atoms with Crippen molar-refractivity contribution in [3.8, 4) is 22.6 Å². The van der Waals surface area contributed by atoms with Crippen LogP contribution in [0.1, 0.15) is 5.56 Å². The summed E-state index contributed by atoms with van der Waals surface area (Å²) in [7, 11) is 0. The third-order valence-electron chi connectivity index (χ3n) is 3.42. The maximum absolute atomic E-state index is 13.9. The zero-order valence-corrected chi connectivity index (χ0v) is 11.8. The Labute approximate surface area is 129 Å². The zero-order chi connectivity index (χ0) is 16.4. The van der Waals surface area contributed by atoms with Gasteiger partial charge in [-0.1, -0.05) is 17.3 Å². The summed E-state index contributed by atoms with van der Waals surface area (Å²) in [4.78, 5) is 10.2. The Morgan fingerprint density at radius 1 is 1.17 bits per heavy atom. The molecule has 7 heteroatoms. The number of aromatic nitrogens is 1. The molecule has 0 fully saturated rings. The molecule has 0 saturated heterocycles. The highest BCUT2D eigenvalue weighted by Gasteiger charge is 2.21. The summed E-state index contributed by atoms with van der Waals surface area (Å²) in [6.45, 7) is -0.403. The number of nitro groups is 1. The Balaban J connectivity index is 2.08. The fourth-order valence-electron chi connectivity index (χ4n) is 2.28. The van der Waals surface area contributed by atoms with Gasteiger partial charge in [-0.05, 0) is 24.3 Å². The average Bonchev–Trinajstić information content (AvgIpc) is 2.99. The molecule has 23 heavy (non-hydrogen) atoms. The lowest BCUT2D eigenvalue weighted by atomic mass is 10.0. The molecule has 0 spiro atoms. The molecule has 2 aromatic carbocycles. The topological polar surface area (TPSA) is 89.4 Å². The molecular weight excluding hydrogens is 303 g/mol. The second kappa shape index (κ2) is 5.98. The fraction of sp³-hybridized carbons (Fsp3) is 0.0625. The van der Waals surface area contributed by atoms with Gasteiger partial charge in [-0.15, -0.1) is 0 Å². The van der Waals surface area contributed by atoms with E-state index in [9.17, 15) is 19.6 Å². The lowest BCUT2D eigenvalue weighted by Gasteiger charge is -2.02. The van der Waals surface area contributed by atoms with Gasteiger partial charge >= 0.3 is 0 Å². The Bertz CT molecular complexity index is 859. The summed E-state index contributed by atoms with van der Waals surface area (Å²) < 4.78 is 19.1. The van der Waals surface area contributed by atoms with Crippen molar-refractivity contribution in [2.75, 3.05) is 0 Å². The minimum absolute atomic E-state index is 0.0582. The second-order valence-electron chi connectivity index (χ2n) is 4.78. The third-order valence-corrected chi connectivity index (χ3v) is 3.42. The first kappa shape index (κ1) is 14.9. The van der Waals surface area contributed by atoms with E-state index in [1.54, 1.807) is 12.1 Å². The van der Waals surface area contributed by atoms with Crippen LogP contribution in [-0.4, -0.2) is 15.2 Å². The van der Waals surface area contributed by atoms with E-state index >= 15 is 0 Å². The van der Waals surface area contributed by atoms with Crippen LogP contribution in [0.5, 0.6) is 0 Å². The van der Waals surface area contributed by atoms with E-state index < -0.39 is 17.3 Å². The van der Waals surface area contributed by atoms with E-state index in [0.717, 1.165) is 0 Å². The van der Waals surface area contributed by atoms with Crippen LogP contribution in [-0.2, 0) is 6.61 Å². The van der Waals surface area contributed by atoms with E-state index in [-0.39, 0.29) is 17.0 Å². The highest BCUT2D eigenvalue weighted by atomic mass is 19.1. The lowest BCUT2D eigenvalue weighted by Crippen LogP contribution is -1.92. The average molecular weight is 314 g/mol. The van der Waals surface area contributed by atoms with Crippen molar-refractivity contribution in [1.29, 1.82) is 0 Å². The van der Waals surface area contributed by atoms with Gasteiger partial charge in [0.2, 0.25) is 0 Å². The molecule has 6 nitrogen and oxygen atoms in total. The van der Waals surface area contributed by atoms with Gasteiger partial charge in [0.25, 0.3) is 5.69 Å². The van der Waals surface area contributed by atoms with Gasteiger partial charge in [0, 0.05) is 17.7 Å². The quantitative estimate of drug-likeness (QED) is 0.587. The van der Waals surface area contributed by atoms with Crippen molar-refractivity contribution in [3.63, 3.8) is 0 Å². The first-order chi connectivity index (χ1) is 11.1. The third kappa shape index (κ3) is 2.69. The molecule has 0 atom stereocenters. The molecule has 116 valence electrons. The molecule has 3 aromatic rings. The van der Waals surface area contributed by atoms with Gasteiger partial charge in [-0.2, -0.15) is 0 Å². The van der Waals surface area contributed by atoms with E-state index in [4.69, 9.17) is 4.52 Å². The number of aliphatic hydroxyl groups is 1. The number of non-ortho nitro benzene ring substituents is 1. The lowest BCUT2D eigenvalue weighted by molar-refractivity contribution is -0.384. The van der Waals surface area contributed by atoms with Crippen LogP contribution in [0.15, 0.2) is 53.1 Å². The minimum atomic E-state index is -0.510. The Hall–Kier alpha value is -3.06. The molecular formula is C16H11FN2O4. The summed E-state index contributed by atoms with van der Waals surface area (Å²) >= 11 is 0. The van der Waals surface area contributed by atoms with Gasteiger partial charge in [0.1, 0.15) is 11.5 Å². The molecule has 0 amide bonds. The van der Waals surface area contributed by atoms with Crippen molar-refractivity contribution < 1.29 is 18.9 Å². The maximum atomic E-state index is 13.9. The molecule has 1 N–H and O–H groups in total. The summed E-state index contributed by atoms with van der Waals surface area (Å²) in [5.41, 5.74) is 1.31. The van der Waals surface area contributed by atoms with Crippen molar-refractivity contribution in [2.45, 2.75) is 6.61 Å². The van der Waals surface area contributed by atoms with Crippen molar-refractivity contribution in [2.24, 2.45) is 0 Å². The molecule has 0 unspecified atom stereocenters. The predicted molar refractivity (Wildman–Crippen MR) is 79.9 cm³/mol. The van der Waals surface area contributed by atoms with Crippen molar-refractivity contribution >= 4 is 5.69 Å². The number of hydrogen-bond donors (Lipinski definition) is 1. The van der Waals surface area contributed by atoms with Crippen LogP contribution in [0.3, 0.4) is 0 Å². The van der Waals surface area contributed by atoms with Gasteiger partial charge in [0.05, 0.1) is 22.7 Å². The number of benzene rings is 2. The van der Waals surface area contributed by atoms with Gasteiger partial charge in [-0.3, -0.25) is 10.1 Å². The molecule has 1 aromatic heterocycles. The molecule has 0 aliphatic carbocycles. The normalized spacial score (nSPS) is 10.7. The molecule has 0 aliphatic heterocycles. The summed E-state index contributed by atoms with van der Waals surface area (Å²) in [6.07, 6.45) is 0. The van der Waals surface area contributed by atoms with Crippen LogP contribution in [0, 0.1) is 15.9 Å². The smallest absolute Gasteiger partial charge is 0.269 e. The summed E-state index contributed by atoms with van der Waals surface area (Å²) in [5, 5.41) is 24.2. The van der Waals surface area contributed by atoms with E-state index in [2.05, 4.69) is 5.16 Å². The van der Waals surface area contributed by atoms with E-state index in [1.807, 2.05) is 0 Å². The molecule has 0 radical (unpaired) electrons. The summed E-state index contributed by atoms with van der Waals surface area (Å²) in [6, 6.07) is 11.7. The molecule has 3 rings (SSSR count). The zero-order valence-electron chi connectivity index (χ0n) is 11.8.